The van der Waals surface area contributed by atoms with Crippen LogP contribution in [-0.4, -0.2) is 25.2 Å². The SMILES string of the molecule is CC(NC(=O)C(C)n1cc([N+](=O)[O-])cn1)c1ccc(-n2cccc2)cc1. The first-order valence-electron chi connectivity index (χ1n) is 8.18. The maximum Gasteiger partial charge on any atom is 0.307 e. The van der Waals surface area contributed by atoms with Crippen LogP contribution in [0.2, 0.25) is 0 Å². The number of hydrogen-bond donors (Lipinski definition) is 1. The highest BCUT2D eigenvalue weighted by atomic mass is 16.6. The molecule has 0 fully saturated rings. The van der Waals surface area contributed by atoms with Gasteiger partial charge in [-0.15, -0.1) is 0 Å². The van der Waals surface area contributed by atoms with Crippen molar-refractivity contribution < 1.29 is 9.72 Å². The van der Waals surface area contributed by atoms with Gasteiger partial charge in [-0.2, -0.15) is 5.10 Å². The molecular formula is C18H19N5O3. The van der Waals surface area contributed by atoms with Gasteiger partial charge in [0.25, 0.3) is 0 Å². The van der Waals surface area contributed by atoms with Gasteiger partial charge >= 0.3 is 5.69 Å². The average molecular weight is 353 g/mol. The molecule has 0 saturated carbocycles. The van der Waals surface area contributed by atoms with Crippen LogP contribution in [0.15, 0.2) is 61.2 Å². The molecule has 2 aromatic heterocycles. The fourth-order valence-electron chi connectivity index (χ4n) is 2.61. The first-order valence-corrected chi connectivity index (χ1v) is 8.18. The van der Waals surface area contributed by atoms with Crippen molar-refractivity contribution in [3.63, 3.8) is 0 Å². The van der Waals surface area contributed by atoms with Gasteiger partial charge in [0.1, 0.15) is 18.4 Å². The molecule has 2 heterocycles. The predicted octanol–water partition coefficient (Wildman–Crippen LogP) is 3.02. The molecule has 0 aliphatic rings. The van der Waals surface area contributed by atoms with E-state index in [-0.39, 0.29) is 17.6 Å². The summed E-state index contributed by atoms with van der Waals surface area (Å²) in [6.45, 7) is 3.54. The van der Waals surface area contributed by atoms with E-state index in [1.807, 2.05) is 60.3 Å². The minimum absolute atomic E-state index is 0.140. The molecule has 2 unspecified atom stereocenters. The minimum atomic E-state index is -0.648. The lowest BCUT2D eigenvalue weighted by molar-refractivity contribution is -0.385. The van der Waals surface area contributed by atoms with Crippen molar-refractivity contribution in [1.82, 2.24) is 19.7 Å². The van der Waals surface area contributed by atoms with Gasteiger partial charge in [0.2, 0.25) is 5.91 Å². The third-order valence-electron chi connectivity index (χ3n) is 4.23. The number of rotatable bonds is 6. The highest BCUT2D eigenvalue weighted by molar-refractivity contribution is 5.80. The fourth-order valence-corrected chi connectivity index (χ4v) is 2.61. The number of nitrogens with zero attached hydrogens (tertiary/aromatic N) is 4. The molecule has 3 rings (SSSR count). The zero-order chi connectivity index (χ0) is 18.7. The number of amides is 1. The van der Waals surface area contributed by atoms with E-state index in [0.717, 1.165) is 17.4 Å². The lowest BCUT2D eigenvalue weighted by Gasteiger charge is -2.18. The highest BCUT2D eigenvalue weighted by Crippen LogP contribution is 2.18. The van der Waals surface area contributed by atoms with Crippen molar-refractivity contribution in [3.05, 3.63) is 76.9 Å². The molecule has 0 radical (unpaired) electrons. The lowest BCUT2D eigenvalue weighted by atomic mass is 10.1. The van der Waals surface area contributed by atoms with Crippen molar-refractivity contribution in [2.45, 2.75) is 25.9 Å². The van der Waals surface area contributed by atoms with E-state index >= 15 is 0 Å². The molecule has 0 spiro atoms. The van der Waals surface area contributed by atoms with Gasteiger partial charge in [0.15, 0.2) is 0 Å². The Kier molecular flexibility index (Phi) is 4.83. The smallest absolute Gasteiger partial charge is 0.307 e. The second kappa shape index (κ2) is 7.22. The van der Waals surface area contributed by atoms with Crippen molar-refractivity contribution in [2.24, 2.45) is 0 Å². The van der Waals surface area contributed by atoms with Crippen molar-refractivity contribution in [2.75, 3.05) is 0 Å². The molecule has 0 bridgehead atoms. The van der Waals surface area contributed by atoms with Gasteiger partial charge in [0, 0.05) is 18.1 Å². The molecule has 8 heteroatoms. The monoisotopic (exact) mass is 353 g/mol. The van der Waals surface area contributed by atoms with Gasteiger partial charge in [-0.05, 0) is 43.7 Å². The van der Waals surface area contributed by atoms with Crippen LogP contribution >= 0.6 is 0 Å². The molecule has 134 valence electrons. The van der Waals surface area contributed by atoms with E-state index in [0.29, 0.717) is 0 Å². The summed E-state index contributed by atoms with van der Waals surface area (Å²) in [5.74, 6) is -0.259. The summed E-state index contributed by atoms with van der Waals surface area (Å²) in [7, 11) is 0. The zero-order valence-electron chi connectivity index (χ0n) is 14.4. The number of hydrogen-bond acceptors (Lipinski definition) is 4. The van der Waals surface area contributed by atoms with Crippen LogP contribution in [0.5, 0.6) is 0 Å². The number of benzene rings is 1. The van der Waals surface area contributed by atoms with Crippen LogP contribution in [-0.2, 0) is 4.79 Å². The quantitative estimate of drug-likeness (QED) is 0.544. The van der Waals surface area contributed by atoms with Crippen LogP contribution in [0, 0.1) is 10.1 Å². The number of aromatic nitrogens is 3. The second-order valence-electron chi connectivity index (χ2n) is 6.02. The summed E-state index contributed by atoms with van der Waals surface area (Å²) in [6.07, 6.45) is 6.31. The Labute approximate surface area is 150 Å². The molecule has 0 aliphatic carbocycles. The van der Waals surface area contributed by atoms with E-state index in [1.54, 1.807) is 6.92 Å². The maximum atomic E-state index is 12.4. The van der Waals surface area contributed by atoms with Crippen LogP contribution in [0.1, 0.15) is 31.5 Å². The Balaban J connectivity index is 1.65. The average Bonchev–Trinajstić information content (AvgIpc) is 3.33. The van der Waals surface area contributed by atoms with Crippen LogP contribution in [0.4, 0.5) is 5.69 Å². The van der Waals surface area contributed by atoms with Crippen molar-refractivity contribution in [1.29, 1.82) is 0 Å². The maximum absolute atomic E-state index is 12.4. The van der Waals surface area contributed by atoms with Gasteiger partial charge in [-0.3, -0.25) is 19.6 Å². The third kappa shape index (κ3) is 3.64. The molecule has 2 atom stereocenters. The first-order chi connectivity index (χ1) is 12.5. The molecule has 1 N–H and O–H groups in total. The Bertz CT molecular complexity index is 899. The molecule has 3 aromatic rings. The molecule has 0 saturated heterocycles. The molecule has 26 heavy (non-hydrogen) atoms. The molecular weight excluding hydrogens is 334 g/mol. The van der Waals surface area contributed by atoms with E-state index in [2.05, 4.69) is 10.4 Å². The van der Waals surface area contributed by atoms with Gasteiger partial charge in [0.05, 0.1) is 11.0 Å². The van der Waals surface area contributed by atoms with Crippen LogP contribution in [0.3, 0.4) is 0 Å². The molecule has 0 aliphatic heterocycles. The standard InChI is InChI=1S/C18H19N5O3/c1-13(15-5-7-16(8-6-15)21-9-3-4-10-21)20-18(24)14(2)22-12-17(11-19-22)23(25)26/h3-14H,1-2H3,(H,20,24). The zero-order valence-corrected chi connectivity index (χ0v) is 14.4. The molecule has 8 nitrogen and oxygen atoms in total. The summed E-state index contributed by atoms with van der Waals surface area (Å²) < 4.78 is 3.29. The molecule has 1 amide bonds. The first kappa shape index (κ1) is 17.4. The lowest BCUT2D eigenvalue weighted by Crippen LogP contribution is -2.33. The van der Waals surface area contributed by atoms with E-state index in [9.17, 15) is 14.9 Å². The van der Waals surface area contributed by atoms with E-state index in [4.69, 9.17) is 0 Å². The summed E-state index contributed by atoms with van der Waals surface area (Å²) in [4.78, 5) is 22.6. The number of nitro groups is 1. The Morgan fingerprint density at radius 1 is 1.19 bits per heavy atom. The Morgan fingerprint density at radius 3 is 2.42 bits per heavy atom. The summed E-state index contributed by atoms with van der Waals surface area (Å²) in [5, 5.41) is 17.5. The largest absolute Gasteiger partial charge is 0.348 e. The number of carbonyl (C=O) groups excluding carboxylic acids is 1. The van der Waals surface area contributed by atoms with Crippen LogP contribution in [0.25, 0.3) is 5.69 Å². The Morgan fingerprint density at radius 2 is 1.85 bits per heavy atom. The number of nitrogens with one attached hydrogen (secondary N) is 1. The van der Waals surface area contributed by atoms with Gasteiger partial charge < -0.3 is 9.88 Å². The Hall–Kier alpha value is -3.42. The normalized spacial score (nSPS) is 13.2. The summed E-state index contributed by atoms with van der Waals surface area (Å²) in [6, 6.07) is 11.0. The summed E-state index contributed by atoms with van der Waals surface area (Å²) >= 11 is 0. The summed E-state index contributed by atoms with van der Waals surface area (Å²) in [5.41, 5.74) is 1.86. The number of carbonyl (C=O) groups is 1. The second-order valence-corrected chi connectivity index (χ2v) is 6.02. The third-order valence-corrected chi connectivity index (χ3v) is 4.23. The fraction of sp³-hybridized carbons (Fsp3) is 0.222. The van der Waals surface area contributed by atoms with E-state index in [1.165, 1.54) is 10.9 Å². The van der Waals surface area contributed by atoms with Crippen molar-refractivity contribution >= 4 is 11.6 Å². The highest BCUT2D eigenvalue weighted by Gasteiger charge is 2.20. The van der Waals surface area contributed by atoms with Gasteiger partial charge in [-0.25, -0.2) is 0 Å². The van der Waals surface area contributed by atoms with E-state index < -0.39 is 11.0 Å². The van der Waals surface area contributed by atoms with Crippen LogP contribution < -0.4 is 5.32 Å². The predicted molar refractivity (Wildman–Crippen MR) is 95.9 cm³/mol. The van der Waals surface area contributed by atoms with Crippen molar-refractivity contribution in [3.8, 4) is 5.69 Å². The molecule has 1 aromatic carbocycles. The van der Waals surface area contributed by atoms with Gasteiger partial charge in [-0.1, -0.05) is 12.1 Å². The topological polar surface area (TPSA) is 95.0 Å². The minimum Gasteiger partial charge on any atom is -0.348 e.